The van der Waals surface area contributed by atoms with Crippen molar-refractivity contribution < 1.29 is 0 Å². The largest absolute Gasteiger partial charge is 0.312 e. The van der Waals surface area contributed by atoms with Gasteiger partial charge in [0.25, 0.3) is 0 Å². The number of nitrogens with one attached hydrogen (secondary N) is 1. The monoisotopic (exact) mass is 253 g/mol. The van der Waals surface area contributed by atoms with Crippen LogP contribution in [0.1, 0.15) is 46.5 Å². The maximum atomic E-state index is 3.76. The van der Waals surface area contributed by atoms with E-state index in [-0.39, 0.29) is 0 Å². The summed E-state index contributed by atoms with van der Waals surface area (Å²) in [7, 11) is 2.25. The number of hydrogen-bond donors (Lipinski definition) is 1. The number of piperazine rings is 1. The van der Waals surface area contributed by atoms with Gasteiger partial charge in [0.15, 0.2) is 0 Å². The van der Waals surface area contributed by atoms with Crippen LogP contribution in [0, 0.1) is 0 Å². The van der Waals surface area contributed by atoms with Gasteiger partial charge in [-0.2, -0.15) is 0 Å². The number of nitrogens with zero attached hydrogens (tertiary/aromatic N) is 2. The summed E-state index contributed by atoms with van der Waals surface area (Å²) in [6.07, 6.45) is 5.63. The molecule has 1 saturated heterocycles. The minimum atomic E-state index is 0.319. The van der Waals surface area contributed by atoms with Gasteiger partial charge < -0.3 is 5.32 Å². The van der Waals surface area contributed by atoms with E-state index in [9.17, 15) is 0 Å². The molecule has 0 aromatic rings. The molecular formula is C15H31N3. The standard InChI is InChI=1S/C15H31N3/c1-13(11-16-14-7-5-6-8-14)18-10-9-17(4)15(2,3)12-18/h13-14,16H,5-12H2,1-4H3. The molecule has 0 spiro atoms. The molecule has 2 rings (SSSR count). The Hall–Kier alpha value is -0.120. The van der Waals surface area contributed by atoms with Crippen molar-refractivity contribution in [1.82, 2.24) is 15.1 Å². The number of likely N-dealkylation sites (N-methyl/N-ethyl adjacent to an activating group) is 1. The molecule has 1 N–H and O–H groups in total. The second-order valence-corrected chi connectivity index (χ2v) is 6.94. The Labute approximate surface area is 113 Å². The fraction of sp³-hybridized carbons (Fsp3) is 1.00. The zero-order valence-electron chi connectivity index (χ0n) is 12.7. The molecule has 1 unspecified atom stereocenters. The molecule has 1 saturated carbocycles. The van der Waals surface area contributed by atoms with Gasteiger partial charge in [0.1, 0.15) is 0 Å². The quantitative estimate of drug-likeness (QED) is 0.826. The van der Waals surface area contributed by atoms with Gasteiger partial charge in [0.05, 0.1) is 0 Å². The van der Waals surface area contributed by atoms with E-state index >= 15 is 0 Å². The predicted molar refractivity (Wildman–Crippen MR) is 78.0 cm³/mol. The molecular weight excluding hydrogens is 222 g/mol. The molecule has 2 aliphatic rings. The van der Waals surface area contributed by atoms with Crippen molar-refractivity contribution in [1.29, 1.82) is 0 Å². The first kappa shape index (κ1) is 14.3. The maximum Gasteiger partial charge on any atom is 0.0277 e. The lowest BCUT2D eigenvalue weighted by Gasteiger charge is -2.47. The molecule has 0 radical (unpaired) electrons. The van der Waals surface area contributed by atoms with Crippen molar-refractivity contribution in [2.75, 3.05) is 33.2 Å². The summed E-state index contributed by atoms with van der Waals surface area (Å²) >= 11 is 0. The van der Waals surface area contributed by atoms with Gasteiger partial charge in [-0.05, 0) is 40.7 Å². The third-order valence-corrected chi connectivity index (χ3v) is 5.03. The van der Waals surface area contributed by atoms with Crippen molar-refractivity contribution in [3.63, 3.8) is 0 Å². The Morgan fingerprint density at radius 1 is 1.22 bits per heavy atom. The van der Waals surface area contributed by atoms with E-state index in [1.807, 2.05) is 0 Å². The van der Waals surface area contributed by atoms with Crippen LogP contribution in [-0.2, 0) is 0 Å². The zero-order chi connectivity index (χ0) is 13.2. The Bertz CT molecular complexity index is 258. The minimum absolute atomic E-state index is 0.319. The van der Waals surface area contributed by atoms with E-state index in [1.54, 1.807) is 0 Å². The van der Waals surface area contributed by atoms with E-state index in [1.165, 1.54) is 45.3 Å². The molecule has 1 heterocycles. The van der Waals surface area contributed by atoms with E-state index in [2.05, 4.69) is 42.9 Å². The molecule has 3 nitrogen and oxygen atoms in total. The van der Waals surface area contributed by atoms with Crippen molar-refractivity contribution in [2.45, 2.75) is 64.1 Å². The van der Waals surface area contributed by atoms with Crippen molar-refractivity contribution in [3.8, 4) is 0 Å². The van der Waals surface area contributed by atoms with Crippen molar-refractivity contribution in [3.05, 3.63) is 0 Å². The molecule has 3 heteroatoms. The van der Waals surface area contributed by atoms with Crippen LogP contribution < -0.4 is 5.32 Å². The summed E-state index contributed by atoms with van der Waals surface area (Å²) in [6, 6.07) is 1.46. The summed E-state index contributed by atoms with van der Waals surface area (Å²) in [5, 5.41) is 3.76. The highest BCUT2D eigenvalue weighted by Crippen LogP contribution is 2.21. The summed E-state index contributed by atoms with van der Waals surface area (Å²) in [4.78, 5) is 5.14. The lowest BCUT2D eigenvalue weighted by molar-refractivity contribution is 0.0203. The first-order chi connectivity index (χ1) is 8.49. The number of rotatable bonds is 4. The SMILES string of the molecule is CC(CNC1CCCC1)N1CCN(C)C(C)(C)C1. The Morgan fingerprint density at radius 3 is 2.50 bits per heavy atom. The van der Waals surface area contributed by atoms with Crippen LogP contribution in [0.2, 0.25) is 0 Å². The average molecular weight is 253 g/mol. The third-order valence-electron chi connectivity index (χ3n) is 5.03. The van der Waals surface area contributed by atoms with Crippen molar-refractivity contribution >= 4 is 0 Å². The van der Waals surface area contributed by atoms with Gasteiger partial charge in [-0.25, -0.2) is 0 Å². The lowest BCUT2D eigenvalue weighted by Crippen LogP contribution is -2.60. The summed E-state index contributed by atoms with van der Waals surface area (Å²) in [5.41, 5.74) is 0.319. The Balaban J connectivity index is 1.76. The average Bonchev–Trinajstić information content (AvgIpc) is 2.82. The minimum Gasteiger partial charge on any atom is -0.312 e. The lowest BCUT2D eigenvalue weighted by atomic mass is 9.98. The molecule has 1 atom stereocenters. The van der Waals surface area contributed by atoms with Gasteiger partial charge in [-0.1, -0.05) is 12.8 Å². The van der Waals surface area contributed by atoms with Gasteiger partial charge in [-0.3, -0.25) is 9.80 Å². The zero-order valence-corrected chi connectivity index (χ0v) is 12.7. The molecule has 1 aliphatic heterocycles. The van der Waals surface area contributed by atoms with E-state index in [0.717, 1.165) is 12.6 Å². The van der Waals surface area contributed by atoms with E-state index in [0.29, 0.717) is 11.6 Å². The van der Waals surface area contributed by atoms with Crippen LogP contribution in [0.4, 0.5) is 0 Å². The molecule has 1 aliphatic carbocycles. The Kier molecular flexibility index (Phi) is 4.68. The van der Waals surface area contributed by atoms with Gasteiger partial charge in [0, 0.05) is 43.8 Å². The second-order valence-electron chi connectivity index (χ2n) is 6.94. The topological polar surface area (TPSA) is 18.5 Å². The van der Waals surface area contributed by atoms with Gasteiger partial charge in [0.2, 0.25) is 0 Å². The Morgan fingerprint density at radius 2 is 1.89 bits per heavy atom. The van der Waals surface area contributed by atoms with Gasteiger partial charge >= 0.3 is 0 Å². The van der Waals surface area contributed by atoms with Crippen LogP contribution in [0.3, 0.4) is 0 Å². The normalized spacial score (nSPS) is 28.7. The third kappa shape index (κ3) is 3.46. The maximum absolute atomic E-state index is 3.76. The van der Waals surface area contributed by atoms with Crippen molar-refractivity contribution in [2.24, 2.45) is 0 Å². The van der Waals surface area contributed by atoms with Crippen LogP contribution in [0.15, 0.2) is 0 Å². The fourth-order valence-electron chi connectivity index (χ4n) is 3.25. The predicted octanol–water partition coefficient (Wildman–Crippen LogP) is 1.93. The fourth-order valence-corrected chi connectivity index (χ4v) is 3.25. The first-order valence-electron chi connectivity index (χ1n) is 7.68. The van der Waals surface area contributed by atoms with Crippen LogP contribution >= 0.6 is 0 Å². The van der Waals surface area contributed by atoms with E-state index < -0.39 is 0 Å². The second kappa shape index (κ2) is 5.89. The van der Waals surface area contributed by atoms with E-state index in [4.69, 9.17) is 0 Å². The molecule has 0 amide bonds. The molecule has 18 heavy (non-hydrogen) atoms. The molecule has 2 fully saturated rings. The summed E-state index contributed by atoms with van der Waals surface area (Å²) in [6.45, 7) is 11.9. The highest BCUT2D eigenvalue weighted by molar-refractivity contribution is 4.90. The molecule has 0 aromatic heterocycles. The highest BCUT2D eigenvalue weighted by atomic mass is 15.3. The smallest absolute Gasteiger partial charge is 0.0277 e. The summed E-state index contributed by atoms with van der Waals surface area (Å²) < 4.78 is 0. The highest BCUT2D eigenvalue weighted by Gasteiger charge is 2.32. The van der Waals surface area contributed by atoms with Crippen LogP contribution in [-0.4, -0.2) is 60.6 Å². The molecule has 0 aromatic carbocycles. The number of hydrogen-bond acceptors (Lipinski definition) is 3. The van der Waals surface area contributed by atoms with Crippen LogP contribution in [0.5, 0.6) is 0 Å². The van der Waals surface area contributed by atoms with Gasteiger partial charge in [-0.15, -0.1) is 0 Å². The van der Waals surface area contributed by atoms with Crippen LogP contribution in [0.25, 0.3) is 0 Å². The molecule has 106 valence electrons. The first-order valence-corrected chi connectivity index (χ1v) is 7.68. The summed E-state index contributed by atoms with van der Waals surface area (Å²) in [5.74, 6) is 0. The molecule has 0 bridgehead atoms.